The zero-order valence-corrected chi connectivity index (χ0v) is 8.58. The van der Waals surface area contributed by atoms with Gasteiger partial charge in [-0.15, -0.1) is 6.61 Å². The summed E-state index contributed by atoms with van der Waals surface area (Å²) in [5, 5.41) is 19.0. The zero-order chi connectivity index (χ0) is 7.40. The molecule has 0 aliphatic carbocycles. The Bertz CT molecular complexity index is 196. The van der Waals surface area contributed by atoms with Crippen LogP contribution in [0.5, 0.6) is 5.75 Å². The van der Waals surface area contributed by atoms with Crippen LogP contribution in [0.15, 0.2) is 24.3 Å². The van der Waals surface area contributed by atoms with Gasteiger partial charge in [-0.2, -0.15) is 0 Å². The number of hydrogen-bond acceptors (Lipinski definition) is 2. The van der Waals surface area contributed by atoms with Gasteiger partial charge < -0.3 is 10.2 Å². The summed E-state index contributed by atoms with van der Waals surface area (Å²) < 4.78 is 0. The van der Waals surface area contributed by atoms with Crippen molar-refractivity contribution in [1.29, 1.82) is 0 Å². The van der Waals surface area contributed by atoms with Gasteiger partial charge in [-0.3, -0.25) is 0 Å². The summed E-state index contributed by atoms with van der Waals surface area (Å²) in [5.74, 6) is 0.245. The third-order valence-electron chi connectivity index (χ3n) is 1.33. The van der Waals surface area contributed by atoms with Crippen LogP contribution in [0, 0.1) is 0 Å². The van der Waals surface area contributed by atoms with Crippen LogP contribution in [-0.2, 0) is 6.42 Å². The molecule has 1 aromatic rings. The molecule has 1 rings (SSSR count). The average Bonchev–Trinajstić information content (AvgIpc) is 1.95. The molecule has 0 radical (unpaired) electrons. The van der Waals surface area contributed by atoms with E-state index in [0.717, 1.165) is 5.56 Å². The maximum atomic E-state index is 10.1. The van der Waals surface area contributed by atoms with E-state index in [-0.39, 0.29) is 41.9 Å². The van der Waals surface area contributed by atoms with Crippen LogP contribution in [0.25, 0.3) is 0 Å². The molecule has 0 bridgehead atoms. The summed E-state index contributed by atoms with van der Waals surface area (Å²) in [5.41, 5.74) is 0.979. The molecule has 0 saturated heterocycles. The average molecular weight is 160 g/mol. The molecule has 0 atom stereocenters. The van der Waals surface area contributed by atoms with Crippen LogP contribution < -0.4 is 34.7 Å². The van der Waals surface area contributed by atoms with Crippen LogP contribution in [-0.4, -0.2) is 11.7 Å². The van der Waals surface area contributed by atoms with Crippen molar-refractivity contribution in [2.45, 2.75) is 6.42 Å². The predicted molar refractivity (Wildman–Crippen MR) is 36.7 cm³/mol. The molecular formula is C8H9NaO2. The summed E-state index contributed by atoms with van der Waals surface area (Å²) in [4.78, 5) is 0. The van der Waals surface area contributed by atoms with Gasteiger partial charge in [0.1, 0.15) is 5.75 Å². The minimum absolute atomic E-state index is 0. The first-order valence-electron chi connectivity index (χ1n) is 3.19. The molecule has 0 saturated carbocycles. The van der Waals surface area contributed by atoms with Crippen molar-refractivity contribution in [3.63, 3.8) is 0 Å². The molecule has 0 amide bonds. The van der Waals surface area contributed by atoms with Gasteiger partial charge in [0.2, 0.25) is 0 Å². The van der Waals surface area contributed by atoms with E-state index in [9.17, 15) is 5.11 Å². The Morgan fingerprint density at radius 2 is 1.73 bits per heavy atom. The van der Waals surface area contributed by atoms with E-state index in [1.54, 1.807) is 24.3 Å². The predicted octanol–water partition coefficient (Wildman–Crippen LogP) is -2.70. The molecule has 0 aromatic heterocycles. The normalized spacial score (nSPS) is 8.82. The van der Waals surface area contributed by atoms with E-state index >= 15 is 0 Å². The second-order valence-electron chi connectivity index (χ2n) is 2.12. The Labute approximate surface area is 88.2 Å². The van der Waals surface area contributed by atoms with Gasteiger partial charge in [-0.25, -0.2) is 0 Å². The zero-order valence-electron chi connectivity index (χ0n) is 6.58. The topological polar surface area (TPSA) is 43.3 Å². The Kier molecular flexibility index (Phi) is 5.60. The molecule has 11 heavy (non-hydrogen) atoms. The molecule has 54 valence electrons. The molecule has 0 unspecified atom stereocenters. The van der Waals surface area contributed by atoms with Crippen LogP contribution in [0.2, 0.25) is 0 Å². The molecule has 2 nitrogen and oxygen atoms in total. The number of phenols is 1. The number of hydrogen-bond donors (Lipinski definition) is 1. The third-order valence-corrected chi connectivity index (χ3v) is 1.33. The Hall–Kier alpha value is -0.0200. The summed E-state index contributed by atoms with van der Waals surface area (Å²) in [6, 6.07) is 6.69. The number of phenolic OH excluding ortho intramolecular Hbond substituents is 1. The van der Waals surface area contributed by atoms with Crippen molar-refractivity contribution < 1.29 is 39.8 Å². The van der Waals surface area contributed by atoms with E-state index in [1.807, 2.05) is 0 Å². The van der Waals surface area contributed by atoms with E-state index in [2.05, 4.69) is 0 Å². The summed E-state index contributed by atoms with van der Waals surface area (Å²) in [7, 11) is 0. The molecule has 0 spiro atoms. The van der Waals surface area contributed by atoms with E-state index < -0.39 is 0 Å². The van der Waals surface area contributed by atoms with Gasteiger partial charge in [0.25, 0.3) is 0 Å². The monoisotopic (exact) mass is 160 g/mol. The van der Waals surface area contributed by atoms with Crippen molar-refractivity contribution >= 4 is 0 Å². The Balaban J connectivity index is 0.000001000. The molecule has 0 aliphatic heterocycles. The van der Waals surface area contributed by atoms with Gasteiger partial charge in [-0.1, -0.05) is 12.1 Å². The van der Waals surface area contributed by atoms with Crippen molar-refractivity contribution in [2.75, 3.05) is 6.61 Å². The summed E-state index contributed by atoms with van der Waals surface area (Å²) in [6.45, 7) is -0.0925. The molecule has 0 heterocycles. The van der Waals surface area contributed by atoms with E-state index in [1.165, 1.54) is 0 Å². The second kappa shape index (κ2) is 5.61. The van der Waals surface area contributed by atoms with Crippen LogP contribution in [0.1, 0.15) is 5.56 Å². The molecule has 1 N–H and O–H groups in total. The van der Waals surface area contributed by atoms with Gasteiger partial charge in [0, 0.05) is 0 Å². The van der Waals surface area contributed by atoms with Gasteiger partial charge in [-0.05, 0) is 24.1 Å². The quantitative estimate of drug-likeness (QED) is 0.478. The van der Waals surface area contributed by atoms with Crippen molar-refractivity contribution in [3.05, 3.63) is 29.8 Å². The number of aromatic hydroxyl groups is 1. The third kappa shape index (κ3) is 3.77. The van der Waals surface area contributed by atoms with Crippen molar-refractivity contribution in [1.82, 2.24) is 0 Å². The minimum Gasteiger partial charge on any atom is -0.854 e. The molecule has 3 heteroatoms. The maximum Gasteiger partial charge on any atom is 1.00 e. The SMILES string of the molecule is [Na+].[O-]CCc1ccc(O)cc1. The van der Waals surface area contributed by atoms with Crippen molar-refractivity contribution in [3.8, 4) is 5.75 Å². The largest absolute Gasteiger partial charge is 1.00 e. The number of rotatable bonds is 2. The fraction of sp³-hybridized carbons (Fsp3) is 0.250. The Morgan fingerprint density at radius 1 is 1.18 bits per heavy atom. The molecule has 1 aromatic carbocycles. The van der Waals surface area contributed by atoms with Crippen molar-refractivity contribution in [2.24, 2.45) is 0 Å². The van der Waals surface area contributed by atoms with Gasteiger partial charge >= 0.3 is 29.6 Å². The first-order valence-corrected chi connectivity index (χ1v) is 3.19. The first kappa shape index (κ1) is 11.0. The van der Waals surface area contributed by atoms with Gasteiger partial charge in [0.05, 0.1) is 0 Å². The summed E-state index contributed by atoms with van der Waals surface area (Å²) in [6.07, 6.45) is 0.542. The van der Waals surface area contributed by atoms with E-state index in [4.69, 9.17) is 5.11 Å². The van der Waals surface area contributed by atoms with Crippen LogP contribution >= 0.6 is 0 Å². The fourth-order valence-corrected chi connectivity index (χ4v) is 0.780. The molecule has 0 fully saturated rings. The minimum atomic E-state index is -0.0925. The molecular weight excluding hydrogens is 151 g/mol. The standard InChI is InChI=1S/C8H9O2.Na/c9-6-5-7-1-3-8(10)4-2-7;/h1-4,10H,5-6H2;/q-1;+1. The fourth-order valence-electron chi connectivity index (χ4n) is 0.780. The second-order valence-corrected chi connectivity index (χ2v) is 2.12. The molecule has 0 aliphatic rings. The Morgan fingerprint density at radius 3 is 2.18 bits per heavy atom. The van der Waals surface area contributed by atoms with E-state index in [0.29, 0.717) is 6.42 Å². The van der Waals surface area contributed by atoms with Crippen LogP contribution in [0.3, 0.4) is 0 Å². The maximum absolute atomic E-state index is 10.1. The smallest absolute Gasteiger partial charge is 0.854 e. The van der Waals surface area contributed by atoms with Gasteiger partial charge in [0.15, 0.2) is 0 Å². The number of benzene rings is 1. The summed E-state index contributed by atoms with van der Waals surface area (Å²) >= 11 is 0. The first-order chi connectivity index (χ1) is 4.83. The van der Waals surface area contributed by atoms with Crippen LogP contribution in [0.4, 0.5) is 0 Å².